The Kier molecular flexibility index (Phi) is 5.49. The van der Waals surface area contributed by atoms with Gasteiger partial charge in [0.15, 0.2) is 0 Å². The van der Waals surface area contributed by atoms with Crippen molar-refractivity contribution >= 4 is 42.6 Å². The van der Waals surface area contributed by atoms with E-state index in [1.54, 1.807) is 0 Å². The van der Waals surface area contributed by atoms with Gasteiger partial charge < -0.3 is 10.6 Å². The largest absolute Gasteiger partial charge is 0.368 e. The topological polar surface area (TPSA) is 92.8 Å². The van der Waals surface area contributed by atoms with Crippen LogP contribution < -0.4 is 5.73 Å². The highest BCUT2D eigenvalue weighted by molar-refractivity contribution is 9.10. The Labute approximate surface area is 134 Å². The van der Waals surface area contributed by atoms with Gasteiger partial charge in [0, 0.05) is 13.0 Å². The fourth-order valence-corrected chi connectivity index (χ4v) is 3.91. The number of hydrogen-bond donors (Lipinski definition) is 1. The van der Waals surface area contributed by atoms with Gasteiger partial charge in [-0.25, -0.2) is 0 Å². The lowest BCUT2D eigenvalue weighted by atomic mass is 9.83. The summed E-state index contributed by atoms with van der Waals surface area (Å²) in [5, 5.41) is 0. The quantitative estimate of drug-likeness (QED) is 0.592. The van der Waals surface area contributed by atoms with Crippen LogP contribution in [0, 0.1) is 5.92 Å². The van der Waals surface area contributed by atoms with Crippen LogP contribution in [-0.4, -0.2) is 46.0 Å². The molecule has 0 aromatic rings. The smallest absolute Gasteiger partial charge is 0.248 e. The summed E-state index contributed by atoms with van der Waals surface area (Å²) >= 11 is 3.34. The van der Waals surface area contributed by atoms with E-state index in [0.29, 0.717) is 25.8 Å². The zero-order chi connectivity index (χ0) is 15.6. The molecule has 4 unspecified atom stereocenters. The molecular weight excluding hydrogens is 357 g/mol. The molecule has 1 saturated heterocycles. The number of hydrogen-bond acceptors (Lipinski definition) is 4. The van der Waals surface area contributed by atoms with Gasteiger partial charge in [-0.15, -0.1) is 0 Å². The molecule has 1 saturated carbocycles. The number of alkyl halides is 1. The van der Waals surface area contributed by atoms with Crippen molar-refractivity contribution < 1.29 is 14.4 Å². The van der Waals surface area contributed by atoms with Crippen LogP contribution in [0.1, 0.15) is 32.1 Å². The number of primary amides is 1. The second kappa shape index (κ2) is 6.97. The van der Waals surface area contributed by atoms with E-state index in [0.717, 1.165) is 12.8 Å². The first-order chi connectivity index (χ1) is 9.95. The number of halogens is 1. The molecule has 1 aliphatic heterocycles. The number of carbonyl (C=O) groups is 3. The maximum Gasteiger partial charge on any atom is 0.248 e. The van der Waals surface area contributed by atoms with E-state index in [2.05, 4.69) is 29.7 Å². The molecule has 2 amide bonds. The Hall–Kier alpha value is -0.810. The maximum atomic E-state index is 12.6. The van der Waals surface area contributed by atoms with Crippen LogP contribution in [0.4, 0.5) is 0 Å². The van der Waals surface area contributed by atoms with Gasteiger partial charge in [-0.1, -0.05) is 15.9 Å². The molecule has 0 bridgehead atoms. The minimum Gasteiger partial charge on any atom is -0.368 e. The van der Waals surface area contributed by atoms with Crippen LogP contribution in [0.25, 0.3) is 0 Å². The molecule has 4 atom stereocenters. The van der Waals surface area contributed by atoms with Crippen molar-refractivity contribution in [3.05, 3.63) is 0 Å². The molecule has 0 aromatic heterocycles. The predicted molar refractivity (Wildman–Crippen MR) is 83.5 cm³/mol. The fraction of sp³-hybridized carbons (Fsp3) is 0.769. The second-order valence-corrected chi connectivity index (χ2v) is 7.00. The third kappa shape index (κ3) is 3.51. The summed E-state index contributed by atoms with van der Waals surface area (Å²) in [7, 11) is 3.08. The van der Waals surface area contributed by atoms with Crippen molar-refractivity contribution in [2.45, 2.75) is 49.0 Å². The molecule has 1 heterocycles. The highest BCUT2D eigenvalue weighted by Crippen LogP contribution is 2.32. The number of amides is 2. The predicted octanol–water partition coefficient (Wildman–Crippen LogP) is 1.29. The summed E-state index contributed by atoms with van der Waals surface area (Å²) in [6, 6.07) is -1.18. The Balaban J connectivity index is 2.10. The first-order valence-electron chi connectivity index (χ1n) is 7.09. The van der Waals surface area contributed by atoms with Crippen molar-refractivity contribution in [1.82, 2.24) is 4.90 Å². The van der Waals surface area contributed by atoms with Crippen molar-refractivity contribution in [3.63, 3.8) is 0 Å². The average molecular weight is 376 g/mol. The van der Waals surface area contributed by atoms with Crippen LogP contribution in [-0.2, 0) is 14.4 Å². The molecule has 1 aliphatic carbocycles. The normalized spacial score (nSPS) is 31.0. The van der Waals surface area contributed by atoms with Gasteiger partial charge in [0.1, 0.15) is 17.9 Å². The molecule has 0 aromatic carbocycles. The molecule has 0 spiro atoms. The number of rotatable bonds is 4. The van der Waals surface area contributed by atoms with Crippen molar-refractivity contribution in [1.29, 1.82) is 0 Å². The summed E-state index contributed by atoms with van der Waals surface area (Å²) in [6.07, 6.45) is 3.15. The molecule has 2 N–H and O–H groups in total. The summed E-state index contributed by atoms with van der Waals surface area (Å²) < 4.78 is 4.00. The zero-order valence-electron chi connectivity index (χ0n) is 11.6. The second-order valence-electron chi connectivity index (χ2n) is 5.64. The van der Waals surface area contributed by atoms with E-state index in [4.69, 9.17) is 5.73 Å². The van der Waals surface area contributed by atoms with E-state index in [1.165, 1.54) is 4.90 Å². The lowest BCUT2D eigenvalue weighted by Crippen LogP contribution is -2.49. The maximum absolute atomic E-state index is 12.6. The SMILES string of the molecule is NC(=O)C1CCCN1C(=O)C(N=P)C1CCC(Br)C(=O)C1. The van der Waals surface area contributed by atoms with Crippen LogP contribution in [0.15, 0.2) is 4.74 Å². The number of Topliss-reactive ketones (excluding diaryl/α,β-unsaturated/α-hetero) is 1. The average Bonchev–Trinajstić information content (AvgIpc) is 2.93. The van der Waals surface area contributed by atoms with E-state index in [-0.39, 0.29) is 22.4 Å². The summed E-state index contributed by atoms with van der Waals surface area (Å²) in [4.78, 5) is 37.3. The van der Waals surface area contributed by atoms with Crippen LogP contribution in [0.2, 0.25) is 0 Å². The third-order valence-electron chi connectivity index (χ3n) is 4.31. The molecule has 2 fully saturated rings. The summed E-state index contributed by atoms with van der Waals surface area (Å²) in [6.45, 7) is 0.520. The molecule has 0 radical (unpaired) electrons. The number of nitrogens with two attached hydrogens (primary N) is 1. The molecule has 21 heavy (non-hydrogen) atoms. The first-order valence-corrected chi connectivity index (χ1v) is 8.45. The van der Waals surface area contributed by atoms with Gasteiger partial charge >= 0.3 is 0 Å². The van der Waals surface area contributed by atoms with Gasteiger partial charge in [-0.05, 0) is 40.6 Å². The number of nitrogens with zero attached hydrogens (tertiary/aromatic N) is 2. The van der Waals surface area contributed by atoms with Crippen molar-refractivity contribution in [2.75, 3.05) is 6.54 Å². The lowest BCUT2D eigenvalue weighted by Gasteiger charge is -2.32. The number of carbonyl (C=O) groups excluding carboxylic acids is 3. The van der Waals surface area contributed by atoms with Gasteiger partial charge in [0.2, 0.25) is 11.8 Å². The van der Waals surface area contributed by atoms with Crippen LogP contribution in [0.5, 0.6) is 0 Å². The summed E-state index contributed by atoms with van der Waals surface area (Å²) in [5.74, 6) is -0.705. The van der Waals surface area contributed by atoms with E-state index >= 15 is 0 Å². The monoisotopic (exact) mass is 375 g/mol. The first kappa shape index (κ1) is 16.6. The molecular formula is C13H19BrN3O3P. The standard InChI is InChI=1S/C13H19BrN3O3P/c14-8-4-3-7(6-10(8)18)11(16-21)13(20)17-5-1-2-9(17)12(15)19/h7-9,11,21H,1-6H2,(H2,15,19). The van der Waals surface area contributed by atoms with Gasteiger partial charge in [0.05, 0.1) is 4.83 Å². The zero-order valence-corrected chi connectivity index (χ0v) is 14.2. The van der Waals surface area contributed by atoms with Gasteiger partial charge in [-0.2, -0.15) is 0 Å². The van der Waals surface area contributed by atoms with E-state index in [9.17, 15) is 14.4 Å². The van der Waals surface area contributed by atoms with Gasteiger partial charge in [-0.3, -0.25) is 19.1 Å². The summed E-state index contributed by atoms with van der Waals surface area (Å²) in [5.41, 5.74) is 5.35. The third-order valence-corrected chi connectivity index (χ3v) is 5.55. The van der Waals surface area contributed by atoms with Gasteiger partial charge in [0.25, 0.3) is 0 Å². The van der Waals surface area contributed by atoms with Crippen molar-refractivity contribution in [3.8, 4) is 0 Å². The van der Waals surface area contributed by atoms with Crippen LogP contribution >= 0.6 is 25.0 Å². The number of ketones is 1. The molecule has 2 rings (SSSR count). The Morgan fingerprint density at radius 2 is 2.10 bits per heavy atom. The lowest BCUT2D eigenvalue weighted by molar-refractivity contribution is -0.139. The minimum atomic E-state index is -0.634. The molecule has 6 nitrogen and oxygen atoms in total. The highest BCUT2D eigenvalue weighted by atomic mass is 79.9. The van der Waals surface area contributed by atoms with Crippen molar-refractivity contribution in [2.24, 2.45) is 16.4 Å². The molecule has 116 valence electrons. The molecule has 8 heteroatoms. The Morgan fingerprint density at radius 3 is 2.67 bits per heavy atom. The van der Waals surface area contributed by atoms with E-state index in [1.807, 2.05) is 0 Å². The number of likely N-dealkylation sites (tertiary alicyclic amines) is 1. The Bertz CT molecular complexity index is 474. The Morgan fingerprint density at radius 1 is 1.38 bits per heavy atom. The van der Waals surface area contributed by atoms with E-state index < -0.39 is 18.0 Å². The molecule has 2 aliphatic rings. The minimum absolute atomic E-state index is 0.104. The fourth-order valence-electron chi connectivity index (χ4n) is 3.14. The van der Waals surface area contributed by atoms with Crippen LogP contribution in [0.3, 0.4) is 0 Å². The highest BCUT2D eigenvalue weighted by Gasteiger charge is 2.41.